The highest BCUT2D eigenvalue weighted by molar-refractivity contribution is 5.68. The Morgan fingerprint density at radius 3 is 2.64 bits per heavy atom. The second kappa shape index (κ2) is 12.2. The zero-order chi connectivity index (χ0) is 23.6. The summed E-state index contributed by atoms with van der Waals surface area (Å²) in [6.45, 7) is 5.26. The van der Waals surface area contributed by atoms with Crippen molar-refractivity contribution >= 4 is 0 Å². The van der Waals surface area contributed by atoms with E-state index in [0.29, 0.717) is 23.6 Å². The Balaban J connectivity index is 1.48. The molecule has 176 valence electrons. The van der Waals surface area contributed by atoms with E-state index in [0.717, 1.165) is 50.9 Å². The number of aryl methyl sites for hydroxylation is 1. The number of methoxy groups -OCH3 is 1. The maximum absolute atomic E-state index is 13.4. The second-order valence-corrected chi connectivity index (χ2v) is 8.08. The van der Waals surface area contributed by atoms with Crippen LogP contribution in [0.3, 0.4) is 0 Å². The van der Waals surface area contributed by atoms with Gasteiger partial charge >= 0.3 is 0 Å². The highest BCUT2D eigenvalue weighted by Crippen LogP contribution is 2.30. The Labute approximate surface area is 194 Å². The molecule has 1 N–H and O–H groups in total. The maximum Gasteiger partial charge on any atom is 0.266 e. The number of ether oxygens (including phenoxy) is 1. The number of halogens is 1. The summed E-state index contributed by atoms with van der Waals surface area (Å²) in [6, 6.07) is 14.8. The molecule has 33 heavy (non-hydrogen) atoms. The smallest absolute Gasteiger partial charge is 0.266 e. The van der Waals surface area contributed by atoms with E-state index in [1.165, 1.54) is 16.8 Å². The SMILES string of the molecule is CCN(CCCCCCn1nc(-c2cc(OC)ccc2O)ccc1=O)Cc1cccc(F)c1. The van der Waals surface area contributed by atoms with Crippen molar-refractivity contribution in [2.24, 2.45) is 0 Å². The first kappa shape index (κ1) is 24.5. The molecule has 0 unspecified atom stereocenters. The number of unbranched alkanes of at least 4 members (excludes halogenated alkanes) is 3. The molecule has 0 aliphatic carbocycles. The Kier molecular flexibility index (Phi) is 9.01. The largest absolute Gasteiger partial charge is 0.507 e. The number of phenols is 1. The quantitative estimate of drug-likeness (QED) is 0.397. The minimum atomic E-state index is -0.196. The molecule has 0 amide bonds. The molecule has 3 aromatic rings. The van der Waals surface area contributed by atoms with Crippen LogP contribution in [0.15, 0.2) is 59.4 Å². The van der Waals surface area contributed by atoms with Crippen LogP contribution in [-0.2, 0) is 13.1 Å². The number of phenolic OH excluding ortho intramolecular Hbond substituents is 1. The highest BCUT2D eigenvalue weighted by Gasteiger charge is 2.10. The van der Waals surface area contributed by atoms with Crippen LogP contribution in [0.25, 0.3) is 11.3 Å². The molecular formula is C26H32FN3O3. The molecule has 0 saturated heterocycles. The van der Waals surface area contributed by atoms with Gasteiger partial charge in [-0.2, -0.15) is 5.10 Å². The summed E-state index contributed by atoms with van der Waals surface area (Å²) in [6.07, 6.45) is 3.92. The predicted molar refractivity (Wildman–Crippen MR) is 128 cm³/mol. The van der Waals surface area contributed by atoms with Crippen molar-refractivity contribution in [2.75, 3.05) is 20.2 Å². The topological polar surface area (TPSA) is 67.6 Å². The van der Waals surface area contributed by atoms with Crippen molar-refractivity contribution in [3.8, 4) is 22.8 Å². The third-order valence-electron chi connectivity index (χ3n) is 5.68. The van der Waals surface area contributed by atoms with E-state index >= 15 is 0 Å². The fourth-order valence-corrected chi connectivity index (χ4v) is 3.79. The monoisotopic (exact) mass is 453 g/mol. The molecule has 0 aliphatic heterocycles. The molecule has 0 fully saturated rings. The normalized spacial score (nSPS) is 11.2. The minimum Gasteiger partial charge on any atom is -0.507 e. The van der Waals surface area contributed by atoms with Gasteiger partial charge in [0.15, 0.2) is 0 Å². The van der Waals surface area contributed by atoms with E-state index in [4.69, 9.17) is 4.74 Å². The Hall–Kier alpha value is -3.19. The van der Waals surface area contributed by atoms with Crippen LogP contribution in [-0.4, -0.2) is 40.0 Å². The summed E-state index contributed by atoms with van der Waals surface area (Å²) in [7, 11) is 1.56. The third kappa shape index (κ3) is 7.15. The van der Waals surface area contributed by atoms with Gasteiger partial charge in [-0.1, -0.05) is 31.9 Å². The van der Waals surface area contributed by atoms with Crippen molar-refractivity contribution in [3.63, 3.8) is 0 Å². The number of aromatic hydroxyl groups is 1. The van der Waals surface area contributed by atoms with Crippen LogP contribution in [0.2, 0.25) is 0 Å². The van der Waals surface area contributed by atoms with Gasteiger partial charge in [-0.3, -0.25) is 9.69 Å². The molecule has 0 atom stereocenters. The van der Waals surface area contributed by atoms with Crippen LogP contribution in [0.5, 0.6) is 11.5 Å². The lowest BCUT2D eigenvalue weighted by molar-refractivity contribution is 0.271. The van der Waals surface area contributed by atoms with E-state index in [2.05, 4.69) is 16.9 Å². The average molecular weight is 454 g/mol. The second-order valence-electron chi connectivity index (χ2n) is 8.08. The molecule has 0 saturated carbocycles. The van der Waals surface area contributed by atoms with E-state index in [-0.39, 0.29) is 17.1 Å². The van der Waals surface area contributed by atoms with E-state index in [9.17, 15) is 14.3 Å². The van der Waals surface area contributed by atoms with E-state index in [1.807, 2.05) is 6.07 Å². The number of rotatable bonds is 12. The molecule has 0 bridgehead atoms. The first-order valence-electron chi connectivity index (χ1n) is 11.4. The summed E-state index contributed by atoms with van der Waals surface area (Å²) < 4.78 is 20.1. The average Bonchev–Trinajstić information content (AvgIpc) is 2.82. The fraction of sp³-hybridized carbons (Fsp3) is 0.385. The van der Waals surface area contributed by atoms with Gasteiger partial charge < -0.3 is 9.84 Å². The molecule has 3 rings (SSSR count). The highest BCUT2D eigenvalue weighted by atomic mass is 19.1. The fourth-order valence-electron chi connectivity index (χ4n) is 3.79. The Bertz CT molecular complexity index is 1100. The zero-order valence-corrected chi connectivity index (χ0v) is 19.3. The van der Waals surface area contributed by atoms with Crippen LogP contribution in [0.1, 0.15) is 38.2 Å². The number of hydrogen-bond donors (Lipinski definition) is 1. The summed E-state index contributed by atoms with van der Waals surface area (Å²) in [5.74, 6) is 0.506. The molecule has 6 nitrogen and oxygen atoms in total. The number of hydrogen-bond acceptors (Lipinski definition) is 5. The lowest BCUT2D eigenvalue weighted by Gasteiger charge is -2.20. The van der Waals surface area contributed by atoms with Crippen LogP contribution >= 0.6 is 0 Å². The molecule has 0 radical (unpaired) electrons. The number of aromatic nitrogens is 2. The first-order valence-corrected chi connectivity index (χ1v) is 11.4. The Morgan fingerprint density at radius 1 is 1.06 bits per heavy atom. The molecule has 2 aromatic carbocycles. The summed E-state index contributed by atoms with van der Waals surface area (Å²) in [4.78, 5) is 14.5. The predicted octanol–water partition coefficient (Wildman–Crippen LogP) is 4.85. The van der Waals surface area contributed by atoms with E-state index < -0.39 is 0 Å². The summed E-state index contributed by atoms with van der Waals surface area (Å²) >= 11 is 0. The molecule has 0 aliphatic rings. The van der Waals surface area contributed by atoms with E-state index in [1.54, 1.807) is 43.5 Å². The third-order valence-corrected chi connectivity index (χ3v) is 5.68. The zero-order valence-electron chi connectivity index (χ0n) is 19.3. The van der Waals surface area contributed by atoms with Gasteiger partial charge in [-0.25, -0.2) is 9.07 Å². The lowest BCUT2D eigenvalue weighted by Crippen LogP contribution is -2.24. The van der Waals surface area contributed by atoms with Gasteiger partial charge in [-0.15, -0.1) is 0 Å². The first-order chi connectivity index (χ1) is 16.0. The molecule has 0 spiro atoms. The number of benzene rings is 2. The molecular weight excluding hydrogens is 421 g/mol. The maximum atomic E-state index is 13.4. The van der Waals surface area contributed by atoms with Gasteiger partial charge in [-0.05, 0) is 67.9 Å². The summed E-state index contributed by atoms with van der Waals surface area (Å²) in [5, 5.41) is 14.6. The van der Waals surface area contributed by atoms with Gasteiger partial charge in [0.1, 0.15) is 17.3 Å². The van der Waals surface area contributed by atoms with Crippen molar-refractivity contribution in [3.05, 3.63) is 76.3 Å². The van der Waals surface area contributed by atoms with Crippen molar-refractivity contribution < 1.29 is 14.2 Å². The van der Waals surface area contributed by atoms with Gasteiger partial charge in [0.2, 0.25) is 0 Å². The molecule has 1 aromatic heterocycles. The molecule has 1 heterocycles. The van der Waals surface area contributed by atoms with Crippen molar-refractivity contribution in [1.82, 2.24) is 14.7 Å². The van der Waals surface area contributed by atoms with Crippen LogP contribution in [0, 0.1) is 5.82 Å². The van der Waals surface area contributed by atoms with Gasteiger partial charge in [0.05, 0.1) is 12.8 Å². The van der Waals surface area contributed by atoms with Crippen LogP contribution in [0.4, 0.5) is 4.39 Å². The molecule has 7 heteroatoms. The van der Waals surface area contributed by atoms with Gasteiger partial charge in [0.25, 0.3) is 5.56 Å². The van der Waals surface area contributed by atoms with Crippen LogP contribution < -0.4 is 10.3 Å². The van der Waals surface area contributed by atoms with Crippen molar-refractivity contribution in [1.29, 1.82) is 0 Å². The van der Waals surface area contributed by atoms with Crippen molar-refractivity contribution in [2.45, 2.75) is 45.7 Å². The van der Waals surface area contributed by atoms with Gasteiger partial charge in [0, 0.05) is 24.7 Å². The standard InChI is InChI=1S/C26H32FN3O3/c1-3-29(19-20-9-8-10-21(27)17-20)15-6-4-5-7-16-30-26(32)14-12-24(28-30)23-18-22(33-2)11-13-25(23)31/h8-14,17-18,31H,3-7,15-16,19H2,1-2H3. The lowest BCUT2D eigenvalue weighted by atomic mass is 10.1. The summed E-state index contributed by atoms with van der Waals surface area (Å²) in [5.41, 5.74) is 1.89. The number of nitrogens with zero attached hydrogens (tertiary/aromatic N) is 3. The Morgan fingerprint density at radius 2 is 1.88 bits per heavy atom. The minimum absolute atomic E-state index is 0.0900.